The maximum atomic E-state index is 12.6. The Bertz CT molecular complexity index is 1250. The molecule has 0 aliphatic rings. The maximum Gasteiger partial charge on any atom is 0.234 e. The summed E-state index contributed by atoms with van der Waals surface area (Å²) in [6.45, 7) is 8.34. The third-order valence-corrected chi connectivity index (χ3v) is 6.83. The lowest BCUT2D eigenvalue weighted by Crippen LogP contribution is -2.15. The lowest BCUT2D eigenvalue weighted by molar-refractivity contribution is -0.113. The fourth-order valence-electron chi connectivity index (χ4n) is 3.20. The summed E-state index contributed by atoms with van der Waals surface area (Å²) in [4.78, 5) is 12.6. The number of hydrogen-bond acceptors (Lipinski definition) is 5. The van der Waals surface area contributed by atoms with Gasteiger partial charge in [-0.3, -0.25) is 9.36 Å². The van der Waals surface area contributed by atoms with Gasteiger partial charge in [-0.25, -0.2) is 0 Å². The van der Waals surface area contributed by atoms with E-state index in [0.717, 1.165) is 32.3 Å². The molecule has 1 amide bonds. The van der Waals surface area contributed by atoms with E-state index >= 15 is 0 Å². The summed E-state index contributed by atoms with van der Waals surface area (Å²) in [6.07, 6.45) is 1.77. The number of benzene rings is 2. The zero-order valence-electron chi connectivity index (χ0n) is 17.2. The number of amides is 1. The molecule has 4 rings (SSSR count). The lowest BCUT2D eigenvalue weighted by atomic mass is 10.1. The molecule has 2 aromatic heterocycles. The van der Waals surface area contributed by atoms with Crippen LogP contribution in [0.15, 0.2) is 69.2 Å². The number of carbonyl (C=O) groups excluding carboxylic acids is 1. The second-order valence-corrected chi connectivity index (χ2v) is 8.83. The highest BCUT2D eigenvalue weighted by atomic mass is 79.9. The van der Waals surface area contributed by atoms with Gasteiger partial charge in [-0.1, -0.05) is 52.0 Å². The molecule has 2 aromatic carbocycles. The number of hydrogen-bond donors (Lipinski definition) is 1. The van der Waals surface area contributed by atoms with Crippen LogP contribution in [0.4, 0.5) is 5.69 Å². The number of anilines is 1. The topological polar surface area (TPSA) is 73.0 Å². The van der Waals surface area contributed by atoms with Crippen LogP contribution in [0, 0.1) is 13.8 Å². The zero-order chi connectivity index (χ0) is 22.0. The molecule has 0 aliphatic heterocycles. The normalized spacial score (nSPS) is 11.1. The Labute approximate surface area is 192 Å². The Hall–Kier alpha value is -2.84. The van der Waals surface area contributed by atoms with Crippen molar-refractivity contribution in [2.75, 3.05) is 11.1 Å². The van der Waals surface area contributed by atoms with Crippen molar-refractivity contribution in [3.8, 4) is 11.6 Å². The van der Waals surface area contributed by atoms with Crippen LogP contribution in [-0.2, 0) is 11.3 Å². The first-order chi connectivity index (χ1) is 15.0. The molecule has 0 unspecified atom stereocenters. The SMILES string of the molecule is C=CCn1c(SCC(=O)Nc2ccc(Br)c(C)c2C)nnc1-c1cc2ccccc2o1. The number of nitrogens with one attached hydrogen (secondary N) is 1. The van der Waals surface area contributed by atoms with Crippen molar-refractivity contribution in [1.29, 1.82) is 0 Å². The summed E-state index contributed by atoms with van der Waals surface area (Å²) in [6, 6.07) is 13.6. The highest BCUT2D eigenvalue weighted by molar-refractivity contribution is 9.10. The number of allylic oxidation sites excluding steroid dienone is 1. The molecular weight excluding hydrogens is 476 g/mol. The summed E-state index contributed by atoms with van der Waals surface area (Å²) in [7, 11) is 0. The van der Waals surface area contributed by atoms with Crippen LogP contribution in [0.25, 0.3) is 22.6 Å². The third kappa shape index (κ3) is 4.45. The number of rotatable bonds is 7. The van der Waals surface area contributed by atoms with E-state index in [1.165, 1.54) is 11.8 Å². The molecular formula is C23H21BrN4O2S. The van der Waals surface area contributed by atoms with Crippen molar-refractivity contribution in [3.63, 3.8) is 0 Å². The molecule has 0 fully saturated rings. The molecule has 2 heterocycles. The van der Waals surface area contributed by atoms with E-state index in [4.69, 9.17) is 4.42 Å². The van der Waals surface area contributed by atoms with E-state index in [9.17, 15) is 4.79 Å². The number of aromatic nitrogens is 3. The van der Waals surface area contributed by atoms with Gasteiger partial charge in [0.1, 0.15) is 5.58 Å². The predicted octanol–water partition coefficient (Wildman–Crippen LogP) is 5.99. The molecule has 6 nitrogen and oxygen atoms in total. The van der Waals surface area contributed by atoms with Gasteiger partial charge in [0.15, 0.2) is 10.9 Å². The number of nitrogens with zero attached hydrogens (tertiary/aromatic N) is 3. The quantitative estimate of drug-likeness (QED) is 0.251. The summed E-state index contributed by atoms with van der Waals surface area (Å²) >= 11 is 4.84. The number of furan rings is 1. The Kier molecular flexibility index (Phi) is 6.29. The summed E-state index contributed by atoms with van der Waals surface area (Å²) in [5, 5.41) is 13.2. The second kappa shape index (κ2) is 9.11. The minimum atomic E-state index is -0.103. The summed E-state index contributed by atoms with van der Waals surface area (Å²) in [5.74, 6) is 1.35. The number of para-hydroxylation sites is 1. The first-order valence-electron chi connectivity index (χ1n) is 9.69. The minimum absolute atomic E-state index is 0.103. The van der Waals surface area contributed by atoms with Crippen LogP contribution in [0.2, 0.25) is 0 Å². The molecule has 4 aromatic rings. The largest absolute Gasteiger partial charge is 0.453 e. The molecule has 0 bridgehead atoms. The first kappa shape index (κ1) is 21.4. The van der Waals surface area contributed by atoms with Crippen molar-refractivity contribution in [3.05, 3.63) is 70.7 Å². The van der Waals surface area contributed by atoms with Crippen LogP contribution < -0.4 is 5.32 Å². The Balaban J connectivity index is 1.52. The van der Waals surface area contributed by atoms with E-state index < -0.39 is 0 Å². The van der Waals surface area contributed by atoms with Crippen molar-refractivity contribution in [1.82, 2.24) is 14.8 Å². The highest BCUT2D eigenvalue weighted by Crippen LogP contribution is 2.30. The van der Waals surface area contributed by atoms with Crippen LogP contribution in [0.5, 0.6) is 0 Å². The highest BCUT2D eigenvalue weighted by Gasteiger charge is 2.18. The van der Waals surface area contributed by atoms with E-state index in [1.807, 2.05) is 60.9 Å². The van der Waals surface area contributed by atoms with Gasteiger partial charge in [0.25, 0.3) is 0 Å². The smallest absolute Gasteiger partial charge is 0.234 e. The van der Waals surface area contributed by atoms with Gasteiger partial charge in [-0.15, -0.1) is 16.8 Å². The standard InChI is InChI=1S/C23H21BrN4O2S/c1-4-11-28-22(20-12-16-7-5-6-8-19(16)30-20)26-27-23(28)31-13-21(29)25-18-10-9-17(24)14(2)15(18)3/h4-10,12H,1,11,13H2,2-3H3,(H,25,29). The van der Waals surface area contributed by atoms with Gasteiger partial charge < -0.3 is 9.73 Å². The lowest BCUT2D eigenvalue weighted by Gasteiger charge is -2.12. The van der Waals surface area contributed by atoms with Crippen LogP contribution in [0.3, 0.4) is 0 Å². The van der Waals surface area contributed by atoms with Crippen LogP contribution in [0.1, 0.15) is 11.1 Å². The van der Waals surface area contributed by atoms with Crippen LogP contribution in [-0.4, -0.2) is 26.4 Å². The van der Waals surface area contributed by atoms with Gasteiger partial charge in [-0.05, 0) is 49.2 Å². The molecule has 8 heteroatoms. The second-order valence-electron chi connectivity index (χ2n) is 7.04. The van der Waals surface area contributed by atoms with Gasteiger partial charge in [0.05, 0.1) is 5.75 Å². The number of fused-ring (bicyclic) bond motifs is 1. The molecule has 31 heavy (non-hydrogen) atoms. The predicted molar refractivity (Wildman–Crippen MR) is 128 cm³/mol. The molecule has 1 N–H and O–H groups in total. The van der Waals surface area contributed by atoms with Crippen molar-refractivity contribution < 1.29 is 9.21 Å². The van der Waals surface area contributed by atoms with E-state index in [2.05, 4.69) is 38.0 Å². The zero-order valence-corrected chi connectivity index (χ0v) is 19.6. The van der Waals surface area contributed by atoms with Gasteiger partial charge in [-0.2, -0.15) is 0 Å². The Morgan fingerprint density at radius 2 is 2.03 bits per heavy atom. The molecule has 0 radical (unpaired) electrons. The Morgan fingerprint density at radius 1 is 1.23 bits per heavy atom. The average Bonchev–Trinajstić information content (AvgIpc) is 3.37. The van der Waals surface area contributed by atoms with Gasteiger partial charge in [0, 0.05) is 22.1 Å². The minimum Gasteiger partial charge on any atom is -0.453 e. The maximum absolute atomic E-state index is 12.6. The summed E-state index contributed by atoms with van der Waals surface area (Å²) < 4.78 is 8.86. The monoisotopic (exact) mass is 496 g/mol. The molecule has 158 valence electrons. The first-order valence-corrected chi connectivity index (χ1v) is 11.5. The van der Waals surface area contributed by atoms with E-state index in [1.54, 1.807) is 6.08 Å². The van der Waals surface area contributed by atoms with Crippen molar-refractivity contribution in [2.45, 2.75) is 25.5 Å². The van der Waals surface area contributed by atoms with E-state index in [0.29, 0.717) is 23.3 Å². The van der Waals surface area contributed by atoms with Gasteiger partial charge >= 0.3 is 0 Å². The Morgan fingerprint density at radius 3 is 2.81 bits per heavy atom. The summed E-state index contributed by atoms with van der Waals surface area (Å²) in [5.41, 5.74) is 3.74. The molecule has 0 saturated carbocycles. The molecule has 0 atom stereocenters. The molecule has 0 aliphatic carbocycles. The molecule has 0 saturated heterocycles. The van der Waals surface area contributed by atoms with Crippen molar-refractivity contribution >= 4 is 50.3 Å². The van der Waals surface area contributed by atoms with Crippen LogP contribution >= 0.6 is 27.7 Å². The van der Waals surface area contributed by atoms with Crippen molar-refractivity contribution in [2.24, 2.45) is 0 Å². The fraction of sp³-hybridized carbons (Fsp3) is 0.174. The van der Waals surface area contributed by atoms with E-state index in [-0.39, 0.29) is 11.7 Å². The number of carbonyl (C=O) groups is 1. The fourth-order valence-corrected chi connectivity index (χ4v) is 4.38. The third-order valence-electron chi connectivity index (χ3n) is 5.00. The van der Waals surface area contributed by atoms with Gasteiger partial charge in [0.2, 0.25) is 11.7 Å². The molecule has 0 spiro atoms. The number of thioether (sulfide) groups is 1. The number of halogens is 1. The average molecular weight is 497 g/mol.